The number of nitrogens with zero attached hydrogens (tertiary/aromatic N) is 12. The number of alkyl halides is 3. The largest absolute Gasteiger partial charge is 0.387 e. The number of sulfone groups is 2. The van der Waals surface area contributed by atoms with Crippen LogP contribution in [0, 0.1) is 0 Å². The molecule has 3 aliphatic carbocycles. The van der Waals surface area contributed by atoms with Crippen LogP contribution >= 0.6 is 57.6 Å². The molecule has 6 fully saturated rings. The molecule has 0 aromatic carbocycles. The van der Waals surface area contributed by atoms with Crippen molar-refractivity contribution in [3.63, 3.8) is 0 Å². The molecule has 3 saturated carbocycles. The first-order chi connectivity index (χ1) is 49.8. The summed E-state index contributed by atoms with van der Waals surface area (Å²) in [6, 6.07) is 0.648. The minimum Gasteiger partial charge on any atom is -0.387 e. The molecular weight excluding hydrogens is 1590 g/mol. The normalized spacial score (nSPS) is 26.7. The highest BCUT2D eigenvalue weighted by Gasteiger charge is 2.51. The third-order valence-corrected chi connectivity index (χ3v) is 25.1. The first kappa shape index (κ1) is 83.6. The Morgan fingerprint density at radius 3 is 1.10 bits per heavy atom. The first-order valence-corrected chi connectivity index (χ1v) is 43.4. The van der Waals surface area contributed by atoms with Gasteiger partial charge in [-0.2, -0.15) is 45.2 Å². The average Bonchev–Trinajstić information content (AvgIpc) is 1.62. The highest BCUT2D eigenvalue weighted by atomic mass is 35.5. The van der Waals surface area contributed by atoms with Crippen molar-refractivity contribution < 1.29 is 122 Å². The molecular formula is C56H81Cl3F3N16O23P3S2. The van der Waals surface area contributed by atoms with E-state index in [2.05, 4.69) is 66.5 Å². The van der Waals surface area contributed by atoms with Gasteiger partial charge in [-0.15, -0.1) is 0 Å². The number of ether oxygens (including phenoxy) is 6. The Kier molecular flexibility index (Phi) is 27.5. The minimum atomic E-state index is -4.99. The van der Waals surface area contributed by atoms with Crippen LogP contribution in [0.4, 0.5) is 30.6 Å². The van der Waals surface area contributed by atoms with Crippen LogP contribution in [0.3, 0.4) is 0 Å². The number of amides is 1. The van der Waals surface area contributed by atoms with E-state index in [0.29, 0.717) is 33.6 Å². The summed E-state index contributed by atoms with van der Waals surface area (Å²) in [7, 11) is -22.3. The van der Waals surface area contributed by atoms with E-state index in [9.17, 15) is 80.0 Å². The lowest BCUT2D eigenvalue weighted by molar-refractivity contribution is -0.119. The second-order valence-electron chi connectivity index (χ2n) is 26.2. The fourth-order valence-corrected chi connectivity index (χ4v) is 18.8. The number of halogens is 6. The lowest BCUT2D eigenvalue weighted by atomic mass is 10.1. The van der Waals surface area contributed by atoms with Crippen molar-refractivity contribution in [1.29, 1.82) is 0 Å². The van der Waals surface area contributed by atoms with E-state index in [0.717, 1.165) is 97.4 Å². The Hall–Kier alpha value is -4.83. The van der Waals surface area contributed by atoms with Gasteiger partial charge in [0, 0.05) is 37.1 Å². The molecule has 3 saturated heterocycles. The van der Waals surface area contributed by atoms with Gasteiger partial charge in [0.25, 0.3) is 0 Å². The third-order valence-electron chi connectivity index (χ3n) is 18.3. The number of hydrogen-bond donors (Lipinski definition) is 13. The Balaban J connectivity index is 0.000000170. The van der Waals surface area contributed by atoms with Crippen molar-refractivity contribution in [1.82, 2.24) is 64.6 Å². The van der Waals surface area contributed by atoms with E-state index in [1.54, 1.807) is 0 Å². The van der Waals surface area contributed by atoms with Gasteiger partial charge >= 0.3 is 22.8 Å². The van der Waals surface area contributed by atoms with E-state index >= 15 is 13.2 Å². The summed E-state index contributed by atoms with van der Waals surface area (Å²) >= 11 is 18.3. The van der Waals surface area contributed by atoms with Crippen LogP contribution in [0.15, 0.2) is 18.6 Å². The van der Waals surface area contributed by atoms with Crippen molar-refractivity contribution in [2.75, 3.05) is 65.8 Å². The smallest absolute Gasteiger partial charge is 0.355 e. The van der Waals surface area contributed by atoms with Gasteiger partial charge in [-0.3, -0.25) is 18.5 Å². The third kappa shape index (κ3) is 20.8. The van der Waals surface area contributed by atoms with Gasteiger partial charge < -0.3 is 94.4 Å². The molecule has 1 amide bonds. The zero-order valence-corrected chi connectivity index (χ0v) is 63.2. The SMILES string of the molecule is CC(=O)NCC(OC[C@H]1O[C@@H](n2ncc3c(NC4CCCC4)nc(Cl)nc32)[C@@H](F)[C@@H]1O)P(=O)(O)O.CCS(=O)(=O)CC(OC[C@H]1O[C@@H](n2ncc3c(NC4CCCC4)nc(Cl)nc32)[C@@H](F)[C@@H]1O)P(=O)(O)O.CS(=O)(=O)CC(OC[C@H]1O[C@@H](n2ncc3c(NC4CCCC4)nc(Cl)nc32)[C@@H](F)[C@@H]1O)P(=O)(O)O. The number of anilines is 3. The molecule has 0 bridgehead atoms. The summed E-state index contributed by atoms with van der Waals surface area (Å²) in [5.74, 6) is -7.08. The minimum absolute atomic E-state index is 0.0731. The van der Waals surface area contributed by atoms with Gasteiger partial charge in [0.05, 0.1) is 72.6 Å². The number of carbonyl (C=O) groups is 1. The Morgan fingerprint density at radius 1 is 0.538 bits per heavy atom. The Morgan fingerprint density at radius 2 is 0.830 bits per heavy atom. The molecule has 13 N–H and O–H groups in total. The second kappa shape index (κ2) is 34.8. The standard InChI is InChI=1S/C19H27ClFN6O7P.C19H28ClFN5O8PS.C18H26ClFN5O8PS/c1-9(28)22-7-13(35(30,31)32)33-8-12-15(29)14(21)18(34-12)27-17-11(6-23-27)16(25-19(20)26-17)24-10-4-2-3-5-10;1-2-36(31,32)9-13(35(28,29)30)33-8-12-15(27)14(21)18(34-12)26-17-11(7-22-26)16(24-19(20)25-17)23-10-5-3-4-6-10;1-35(30,31)8-12(34(27,28)29)32-7-11-14(26)13(20)17(33-11)25-16-10(6-21-25)15(23-18(19)24-16)22-9-4-2-3-5-9/h6,10,12-15,18,29H,2-5,7-8H2,1H3,(H,22,28)(H,24,25,26)(H2,30,31,32);7,10,12-15,18,27H,2-6,8-9H2,1H3,(H,23,24,25)(H2,28,29,30);6,9,11-14,17,26H,2-5,7-8H2,1H3,(H,22,23,24)(H2,27,28,29)/t2*12-,13?,14+,15-,18-;11-,12?,13+,14-,17-/m111/s1. The van der Waals surface area contributed by atoms with Crippen LogP contribution in [-0.2, 0) is 66.6 Å². The molecule has 50 heteroatoms. The lowest BCUT2D eigenvalue weighted by Gasteiger charge is -2.22. The van der Waals surface area contributed by atoms with Crippen molar-refractivity contribution in [2.45, 2.75) is 200 Å². The van der Waals surface area contributed by atoms with E-state index in [1.807, 2.05) is 0 Å². The maximum absolute atomic E-state index is 15.1. The molecule has 592 valence electrons. The molecule has 6 aromatic heterocycles. The number of carbonyl (C=O) groups excluding carboxylic acids is 1. The number of hydrogen-bond acceptors (Lipinski definition) is 29. The Bertz CT molecular complexity index is 4450. The van der Waals surface area contributed by atoms with Gasteiger partial charge in [-0.05, 0) is 73.3 Å². The molecule has 0 spiro atoms. The van der Waals surface area contributed by atoms with Crippen LogP contribution in [0.1, 0.15) is 110 Å². The molecule has 9 heterocycles. The lowest BCUT2D eigenvalue weighted by Crippen LogP contribution is -2.37. The van der Waals surface area contributed by atoms with Gasteiger partial charge in [-0.25, -0.2) is 44.1 Å². The molecule has 15 atom stereocenters. The van der Waals surface area contributed by atoms with E-state index in [1.165, 1.54) is 32.4 Å². The number of rotatable bonds is 28. The fourth-order valence-electron chi connectivity index (χ4n) is 12.7. The highest BCUT2D eigenvalue weighted by Crippen LogP contribution is 2.47. The van der Waals surface area contributed by atoms with Gasteiger partial charge in [0.15, 0.2) is 91.3 Å². The molecule has 39 nitrogen and oxygen atoms in total. The van der Waals surface area contributed by atoms with Crippen molar-refractivity contribution in [3.8, 4) is 0 Å². The molecule has 3 aliphatic heterocycles. The van der Waals surface area contributed by atoms with Gasteiger partial charge in [-0.1, -0.05) is 45.4 Å². The number of aliphatic hydroxyl groups is 3. The highest BCUT2D eigenvalue weighted by molar-refractivity contribution is 7.91. The monoisotopic (exact) mass is 1660 g/mol. The van der Waals surface area contributed by atoms with Crippen LogP contribution < -0.4 is 21.3 Å². The van der Waals surface area contributed by atoms with Crippen LogP contribution in [-0.4, -0.2) is 267 Å². The number of nitrogens with one attached hydrogen (secondary N) is 4. The molecule has 6 aromatic rings. The first-order valence-electron chi connectivity index (χ1n) is 33.3. The van der Waals surface area contributed by atoms with Crippen molar-refractivity contribution in [3.05, 3.63) is 34.4 Å². The summed E-state index contributed by atoms with van der Waals surface area (Å²) in [5.41, 5.74) is 0.529. The zero-order valence-electron chi connectivity index (χ0n) is 56.6. The van der Waals surface area contributed by atoms with Crippen LogP contribution in [0.2, 0.25) is 15.9 Å². The maximum Gasteiger partial charge on any atom is 0.355 e. The summed E-state index contributed by atoms with van der Waals surface area (Å²) in [4.78, 5) is 92.9. The molecule has 0 radical (unpaired) electrons. The fraction of sp³-hybridized carbons (Fsp3) is 0.714. The molecule has 3 unspecified atom stereocenters. The predicted molar refractivity (Wildman–Crippen MR) is 371 cm³/mol. The van der Waals surface area contributed by atoms with Crippen molar-refractivity contribution >= 4 is 134 Å². The van der Waals surface area contributed by atoms with E-state index in [4.69, 9.17) is 63.2 Å². The van der Waals surface area contributed by atoms with Crippen LogP contribution in [0.5, 0.6) is 0 Å². The van der Waals surface area contributed by atoms with Crippen LogP contribution in [0.25, 0.3) is 33.1 Å². The summed E-state index contributed by atoms with van der Waals surface area (Å²) < 4.78 is 163. The predicted octanol–water partition coefficient (Wildman–Crippen LogP) is 3.47. The van der Waals surface area contributed by atoms with Gasteiger partial charge in [0.1, 0.15) is 54.1 Å². The molecule has 106 heavy (non-hydrogen) atoms. The number of aliphatic hydroxyl groups excluding tert-OH is 3. The molecule has 6 aliphatic rings. The quantitative estimate of drug-likeness (QED) is 0.0247. The van der Waals surface area contributed by atoms with Gasteiger partial charge in [0.2, 0.25) is 21.8 Å². The van der Waals surface area contributed by atoms with E-state index in [-0.39, 0.29) is 56.7 Å². The summed E-state index contributed by atoms with van der Waals surface area (Å²) in [6.45, 7) is 0.145. The molecule has 12 rings (SSSR count). The van der Waals surface area contributed by atoms with E-state index < -0.39 is 178 Å². The van der Waals surface area contributed by atoms with Crippen molar-refractivity contribution in [2.24, 2.45) is 0 Å². The summed E-state index contributed by atoms with van der Waals surface area (Å²) in [6.07, 6.45) is -1.92. The number of fused-ring (bicyclic) bond motifs is 3. The number of aromatic nitrogens is 12. The topological polar surface area (TPSA) is 553 Å². The summed E-state index contributed by atoms with van der Waals surface area (Å²) in [5, 5.41) is 57.0. The second-order valence-corrected chi connectivity index (χ2v) is 37.1. The Labute approximate surface area is 617 Å². The average molecular weight is 1670 g/mol. The zero-order chi connectivity index (χ0) is 77.1. The maximum atomic E-state index is 15.1.